The van der Waals surface area contributed by atoms with E-state index in [9.17, 15) is 23.3 Å². The number of hydrogen-bond donors (Lipinski definition) is 0. The number of benzene rings is 2. The van der Waals surface area contributed by atoms with Crippen LogP contribution < -0.4 is 4.80 Å². The van der Waals surface area contributed by atoms with Gasteiger partial charge in [0, 0.05) is 30.8 Å². The fourth-order valence-electron chi connectivity index (χ4n) is 3.22. The van der Waals surface area contributed by atoms with Crippen molar-refractivity contribution >= 4 is 43.2 Å². The predicted molar refractivity (Wildman–Crippen MR) is 120 cm³/mol. The molecule has 9 nitrogen and oxygen atoms in total. The van der Waals surface area contributed by atoms with Crippen molar-refractivity contribution in [3.05, 3.63) is 62.9 Å². The first kappa shape index (κ1) is 21.9. The molecule has 3 aromatic rings. The van der Waals surface area contributed by atoms with Crippen LogP contribution in [-0.2, 0) is 16.6 Å². The highest BCUT2D eigenvalue weighted by atomic mass is 32.2. The van der Waals surface area contributed by atoms with Crippen LogP contribution >= 0.6 is 11.3 Å². The zero-order chi connectivity index (χ0) is 23.0. The number of non-ortho nitro benzene ring substituents is 1. The molecular weight excluding hydrogens is 452 g/mol. The zero-order valence-electron chi connectivity index (χ0n) is 17.0. The Morgan fingerprint density at radius 2 is 2.00 bits per heavy atom. The summed E-state index contributed by atoms with van der Waals surface area (Å²) in [7, 11) is -2.05. The predicted octanol–water partition coefficient (Wildman–Crippen LogP) is 2.77. The number of rotatable bonds is 6. The number of nitro groups is 1. The second-order valence-electron chi connectivity index (χ2n) is 7.28. The third-order valence-corrected chi connectivity index (χ3v) is 8.15. The number of fused-ring (bicyclic) bond motifs is 1. The van der Waals surface area contributed by atoms with E-state index < -0.39 is 20.9 Å². The molecule has 1 amide bonds. The van der Waals surface area contributed by atoms with E-state index >= 15 is 0 Å². The summed E-state index contributed by atoms with van der Waals surface area (Å²) in [6.45, 7) is 0.0813. The molecule has 0 unspecified atom stereocenters. The zero-order valence-corrected chi connectivity index (χ0v) is 18.6. The van der Waals surface area contributed by atoms with Crippen LogP contribution in [0.1, 0.15) is 23.2 Å². The fourth-order valence-corrected chi connectivity index (χ4v) is 5.65. The van der Waals surface area contributed by atoms with Gasteiger partial charge in [-0.15, -0.1) is 6.42 Å². The van der Waals surface area contributed by atoms with Crippen molar-refractivity contribution in [3.8, 4) is 12.3 Å². The minimum Gasteiger partial charge on any atom is -0.304 e. The van der Waals surface area contributed by atoms with Crippen molar-refractivity contribution in [1.82, 2.24) is 8.87 Å². The smallest absolute Gasteiger partial charge is 0.279 e. The van der Waals surface area contributed by atoms with E-state index in [0.717, 1.165) is 12.8 Å². The molecule has 1 saturated carbocycles. The lowest BCUT2D eigenvalue weighted by molar-refractivity contribution is -0.384. The van der Waals surface area contributed by atoms with Crippen LogP contribution in [0.2, 0.25) is 0 Å². The SMILES string of the molecule is C#CCn1c(=NC(=O)c2ccc(S(=O)(=O)N(C)C3CC3)cc2)sc2ccc([N+](=O)[O-])cc21. The summed E-state index contributed by atoms with van der Waals surface area (Å²) >= 11 is 1.18. The monoisotopic (exact) mass is 470 g/mol. The Morgan fingerprint density at radius 3 is 2.59 bits per heavy atom. The Bertz CT molecular complexity index is 1440. The Morgan fingerprint density at radius 1 is 1.31 bits per heavy atom. The molecule has 0 bridgehead atoms. The average Bonchev–Trinajstić information content (AvgIpc) is 3.57. The van der Waals surface area contributed by atoms with Crippen molar-refractivity contribution in [3.63, 3.8) is 0 Å². The number of thiazole rings is 1. The standard InChI is InChI=1S/C21H18N4O5S2/c1-3-12-24-18-13-16(25(27)28)8-11-19(18)31-21(24)22-20(26)14-4-9-17(10-5-14)32(29,30)23(2)15-6-7-15/h1,4-5,8-11,13,15H,6-7,12H2,2H3. The molecule has 1 aliphatic carbocycles. The van der Waals surface area contributed by atoms with Gasteiger partial charge < -0.3 is 4.57 Å². The number of carbonyl (C=O) groups excluding carboxylic acids is 1. The molecule has 0 aliphatic heterocycles. The van der Waals surface area contributed by atoms with E-state index in [2.05, 4.69) is 10.9 Å². The van der Waals surface area contributed by atoms with E-state index in [1.165, 1.54) is 52.0 Å². The molecule has 0 saturated heterocycles. The maximum atomic E-state index is 12.7. The van der Waals surface area contributed by atoms with Gasteiger partial charge in [0.15, 0.2) is 4.80 Å². The Labute approximate surface area is 187 Å². The highest BCUT2D eigenvalue weighted by molar-refractivity contribution is 7.89. The number of nitrogens with zero attached hydrogens (tertiary/aromatic N) is 4. The Balaban J connectivity index is 1.69. The maximum Gasteiger partial charge on any atom is 0.279 e. The van der Waals surface area contributed by atoms with Gasteiger partial charge in [-0.05, 0) is 43.2 Å². The summed E-state index contributed by atoms with van der Waals surface area (Å²) < 4.78 is 28.9. The van der Waals surface area contributed by atoms with Gasteiger partial charge in [-0.3, -0.25) is 14.9 Å². The highest BCUT2D eigenvalue weighted by Crippen LogP contribution is 2.30. The van der Waals surface area contributed by atoms with Gasteiger partial charge in [-0.1, -0.05) is 17.3 Å². The molecular formula is C21H18N4O5S2. The lowest BCUT2D eigenvalue weighted by Gasteiger charge is -2.16. The maximum absolute atomic E-state index is 12.7. The van der Waals surface area contributed by atoms with Crippen LogP contribution in [0.5, 0.6) is 0 Å². The molecule has 1 aliphatic rings. The van der Waals surface area contributed by atoms with Crippen molar-refractivity contribution in [2.75, 3.05) is 7.05 Å². The summed E-state index contributed by atoms with van der Waals surface area (Å²) in [6, 6.07) is 10.0. The summed E-state index contributed by atoms with van der Waals surface area (Å²) in [4.78, 5) is 27.9. The molecule has 0 atom stereocenters. The minimum absolute atomic E-state index is 0.0340. The van der Waals surface area contributed by atoms with Crippen LogP contribution in [0, 0.1) is 22.5 Å². The van der Waals surface area contributed by atoms with Crippen molar-refractivity contribution in [2.24, 2.45) is 4.99 Å². The third-order valence-electron chi connectivity index (χ3n) is 5.16. The molecule has 4 rings (SSSR count). The fraction of sp³-hybridized carbons (Fsp3) is 0.238. The van der Waals surface area contributed by atoms with Crippen molar-refractivity contribution in [1.29, 1.82) is 0 Å². The number of amides is 1. The number of sulfonamides is 1. The first-order chi connectivity index (χ1) is 15.2. The third kappa shape index (κ3) is 4.08. The van der Waals surface area contributed by atoms with Crippen LogP contribution in [0.3, 0.4) is 0 Å². The van der Waals surface area contributed by atoms with E-state index in [0.29, 0.717) is 15.0 Å². The number of carbonyl (C=O) groups is 1. The van der Waals surface area contributed by atoms with E-state index in [1.807, 2.05) is 0 Å². The van der Waals surface area contributed by atoms with Crippen LogP contribution in [0.15, 0.2) is 52.4 Å². The molecule has 1 heterocycles. The molecule has 11 heteroatoms. The molecule has 164 valence electrons. The lowest BCUT2D eigenvalue weighted by atomic mass is 10.2. The number of hydrogen-bond acceptors (Lipinski definition) is 6. The largest absolute Gasteiger partial charge is 0.304 e. The summed E-state index contributed by atoms with van der Waals surface area (Å²) in [5, 5.41) is 11.1. The topological polar surface area (TPSA) is 115 Å². The molecule has 2 aromatic carbocycles. The summed E-state index contributed by atoms with van der Waals surface area (Å²) in [6.07, 6.45) is 7.14. The highest BCUT2D eigenvalue weighted by Gasteiger charge is 2.35. The van der Waals surface area contributed by atoms with E-state index in [4.69, 9.17) is 6.42 Å². The first-order valence-corrected chi connectivity index (χ1v) is 11.9. The number of nitro benzene ring substituents is 1. The molecule has 0 radical (unpaired) electrons. The number of aromatic nitrogens is 1. The second-order valence-corrected chi connectivity index (χ2v) is 10.3. The molecule has 1 aromatic heterocycles. The summed E-state index contributed by atoms with van der Waals surface area (Å²) in [5.74, 6) is 1.90. The van der Waals surface area contributed by atoms with Crippen molar-refractivity contribution < 1.29 is 18.1 Å². The van der Waals surface area contributed by atoms with Gasteiger partial charge in [0.05, 0.1) is 26.6 Å². The van der Waals surface area contributed by atoms with Crippen LogP contribution in [0.25, 0.3) is 10.2 Å². The van der Waals surface area contributed by atoms with Gasteiger partial charge >= 0.3 is 0 Å². The number of terminal acetylenes is 1. The van der Waals surface area contributed by atoms with Gasteiger partial charge in [-0.25, -0.2) is 8.42 Å². The van der Waals surface area contributed by atoms with E-state index in [-0.39, 0.29) is 28.7 Å². The summed E-state index contributed by atoms with van der Waals surface area (Å²) in [5.41, 5.74) is 0.638. The molecule has 0 N–H and O–H groups in total. The molecule has 32 heavy (non-hydrogen) atoms. The Kier molecular flexibility index (Phi) is 5.68. The molecule has 0 spiro atoms. The quantitative estimate of drug-likeness (QED) is 0.312. The normalized spacial score (nSPS) is 14.6. The first-order valence-electron chi connectivity index (χ1n) is 9.61. The van der Waals surface area contributed by atoms with E-state index in [1.54, 1.807) is 17.7 Å². The second kappa shape index (κ2) is 8.31. The minimum atomic E-state index is -3.61. The van der Waals surface area contributed by atoms with Crippen LogP contribution in [0.4, 0.5) is 5.69 Å². The van der Waals surface area contributed by atoms with Crippen LogP contribution in [-0.4, -0.2) is 41.2 Å². The van der Waals surface area contributed by atoms with Gasteiger partial charge in [-0.2, -0.15) is 9.30 Å². The lowest BCUT2D eigenvalue weighted by Crippen LogP contribution is -2.28. The van der Waals surface area contributed by atoms with Gasteiger partial charge in [0.1, 0.15) is 0 Å². The van der Waals surface area contributed by atoms with Crippen molar-refractivity contribution in [2.45, 2.75) is 30.3 Å². The van der Waals surface area contributed by atoms with Gasteiger partial charge in [0.2, 0.25) is 10.0 Å². The van der Waals surface area contributed by atoms with Gasteiger partial charge in [0.25, 0.3) is 11.6 Å². The average molecular weight is 471 g/mol. The molecule has 1 fully saturated rings. The Hall–Kier alpha value is -3.33.